The minimum Gasteiger partial charge on any atom is -0.390 e. The number of fused-ring (bicyclic) bond motifs is 1. The van der Waals surface area contributed by atoms with Crippen LogP contribution in [0.25, 0.3) is 10.4 Å². The van der Waals surface area contributed by atoms with Gasteiger partial charge in [0.25, 0.3) is 0 Å². The summed E-state index contributed by atoms with van der Waals surface area (Å²) in [6, 6.07) is 5.32. The molecule has 1 aliphatic heterocycles. The highest BCUT2D eigenvalue weighted by Gasteiger charge is 2.24. The van der Waals surface area contributed by atoms with E-state index in [1.807, 2.05) is 6.07 Å². The minimum absolute atomic E-state index is 0.00329. The van der Waals surface area contributed by atoms with Gasteiger partial charge in [-0.3, -0.25) is 4.79 Å². The fraction of sp³-hybridized carbons (Fsp3) is 0.500. The van der Waals surface area contributed by atoms with Crippen LogP contribution < -0.4 is 4.90 Å². The molecule has 1 heterocycles. The molecule has 0 fully saturated rings. The topological polar surface area (TPSA) is 110 Å². The van der Waals surface area contributed by atoms with Crippen LogP contribution in [0.15, 0.2) is 23.3 Å². The molecule has 0 saturated heterocycles. The molecule has 0 spiro atoms. The van der Waals surface area contributed by atoms with Crippen molar-refractivity contribution in [2.75, 3.05) is 18.0 Å². The molecule has 1 aromatic carbocycles. The van der Waals surface area contributed by atoms with Gasteiger partial charge in [-0.1, -0.05) is 17.2 Å². The zero-order valence-electron chi connectivity index (χ0n) is 11.8. The van der Waals surface area contributed by atoms with E-state index in [1.165, 1.54) is 6.92 Å². The van der Waals surface area contributed by atoms with Gasteiger partial charge in [-0.05, 0) is 35.6 Å². The Morgan fingerprint density at radius 3 is 2.95 bits per heavy atom. The van der Waals surface area contributed by atoms with E-state index in [0.717, 1.165) is 17.7 Å². The summed E-state index contributed by atoms with van der Waals surface area (Å²) in [5, 5.41) is 23.4. The monoisotopic (exact) mass is 290 g/mol. The fourth-order valence-electron chi connectivity index (χ4n) is 2.55. The largest absolute Gasteiger partial charge is 0.390 e. The fourth-order valence-corrected chi connectivity index (χ4v) is 2.55. The SMILES string of the molecule is CC(=O)N1CCc2cc(C(O)C(O)CCN=[N+]=[N-])ccc21. The predicted molar refractivity (Wildman–Crippen MR) is 77.8 cm³/mol. The number of amides is 1. The lowest BCUT2D eigenvalue weighted by Gasteiger charge is -2.19. The van der Waals surface area contributed by atoms with Crippen LogP contribution in [0.4, 0.5) is 5.69 Å². The summed E-state index contributed by atoms with van der Waals surface area (Å²) in [7, 11) is 0. The van der Waals surface area contributed by atoms with Gasteiger partial charge < -0.3 is 15.1 Å². The summed E-state index contributed by atoms with van der Waals surface area (Å²) in [5.41, 5.74) is 10.6. The second-order valence-corrected chi connectivity index (χ2v) is 5.06. The molecule has 0 saturated carbocycles. The van der Waals surface area contributed by atoms with Crippen LogP contribution in [0, 0.1) is 0 Å². The number of benzene rings is 1. The third kappa shape index (κ3) is 3.33. The van der Waals surface area contributed by atoms with E-state index in [1.54, 1.807) is 17.0 Å². The molecular formula is C14H18N4O3. The molecule has 112 valence electrons. The molecule has 7 heteroatoms. The normalized spacial score (nSPS) is 16.0. The van der Waals surface area contributed by atoms with Crippen molar-refractivity contribution in [2.24, 2.45) is 5.11 Å². The highest BCUT2D eigenvalue weighted by molar-refractivity contribution is 5.93. The number of hydrogen-bond acceptors (Lipinski definition) is 4. The number of anilines is 1. The maximum absolute atomic E-state index is 11.5. The Labute approximate surface area is 122 Å². The molecule has 0 aromatic heterocycles. The molecule has 1 amide bonds. The van der Waals surface area contributed by atoms with E-state index >= 15 is 0 Å². The van der Waals surface area contributed by atoms with E-state index in [4.69, 9.17) is 5.53 Å². The standard InChI is InChI=1S/C14H18N4O3/c1-9(19)18-7-5-10-8-11(2-3-12(10)18)14(21)13(20)4-6-16-17-15/h2-3,8,13-14,20-21H,4-7H2,1H3. The first-order chi connectivity index (χ1) is 10.0. The number of carbonyl (C=O) groups excluding carboxylic acids is 1. The van der Waals surface area contributed by atoms with Gasteiger partial charge in [-0.25, -0.2) is 0 Å². The summed E-state index contributed by atoms with van der Waals surface area (Å²) in [4.78, 5) is 15.8. The zero-order chi connectivity index (χ0) is 15.4. The van der Waals surface area contributed by atoms with Crippen LogP contribution in [-0.4, -0.2) is 35.3 Å². The molecule has 0 radical (unpaired) electrons. The number of rotatable bonds is 5. The minimum atomic E-state index is -1.03. The highest BCUT2D eigenvalue weighted by Crippen LogP contribution is 2.31. The summed E-state index contributed by atoms with van der Waals surface area (Å²) >= 11 is 0. The number of aliphatic hydroxyl groups excluding tert-OH is 2. The van der Waals surface area contributed by atoms with E-state index in [2.05, 4.69) is 10.0 Å². The maximum Gasteiger partial charge on any atom is 0.223 e. The average molecular weight is 290 g/mol. The smallest absolute Gasteiger partial charge is 0.223 e. The first kappa shape index (κ1) is 15.3. The van der Waals surface area contributed by atoms with Gasteiger partial charge in [0.2, 0.25) is 5.91 Å². The molecule has 0 bridgehead atoms. The van der Waals surface area contributed by atoms with Crippen molar-refractivity contribution in [3.8, 4) is 0 Å². The van der Waals surface area contributed by atoms with Gasteiger partial charge in [0, 0.05) is 30.6 Å². The molecule has 2 rings (SSSR count). The lowest BCUT2D eigenvalue weighted by atomic mass is 9.99. The van der Waals surface area contributed by atoms with Crippen molar-refractivity contribution in [3.05, 3.63) is 39.8 Å². The van der Waals surface area contributed by atoms with Crippen LogP contribution in [0.1, 0.15) is 30.6 Å². The first-order valence-electron chi connectivity index (χ1n) is 6.82. The molecule has 7 nitrogen and oxygen atoms in total. The third-order valence-corrected chi connectivity index (χ3v) is 3.67. The molecular weight excluding hydrogens is 272 g/mol. The zero-order valence-corrected chi connectivity index (χ0v) is 11.8. The third-order valence-electron chi connectivity index (χ3n) is 3.67. The molecule has 1 aliphatic rings. The molecule has 0 aliphatic carbocycles. The Balaban J connectivity index is 2.11. The summed E-state index contributed by atoms with van der Waals surface area (Å²) in [5.74, 6) is -0.00329. The second-order valence-electron chi connectivity index (χ2n) is 5.06. The van der Waals surface area contributed by atoms with Crippen LogP contribution in [0.5, 0.6) is 0 Å². The van der Waals surface area contributed by atoms with Crippen molar-refractivity contribution < 1.29 is 15.0 Å². The number of hydrogen-bond donors (Lipinski definition) is 2. The lowest BCUT2D eigenvalue weighted by Crippen LogP contribution is -2.25. The maximum atomic E-state index is 11.5. The Hall–Kier alpha value is -2.08. The van der Waals surface area contributed by atoms with Gasteiger partial charge in [0.05, 0.1) is 6.10 Å². The van der Waals surface area contributed by atoms with E-state index in [0.29, 0.717) is 12.1 Å². The average Bonchev–Trinajstić information content (AvgIpc) is 2.89. The van der Waals surface area contributed by atoms with Gasteiger partial charge in [0.15, 0.2) is 0 Å². The van der Waals surface area contributed by atoms with Crippen LogP contribution in [0.2, 0.25) is 0 Å². The molecule has 21 heavy (non-hydrogen) atoms. The Morgan fingerprint density at radius 1 is 1.52 bits per heavy atom. The van der Waals surface area contributed by atoms with Gasteiger partial charge in [-0.2, -0.15) is 0 Å². The van der Waals surface area contributed by atoms with Crippen molar-refractivity contribution in [3.63, 3.8) is 0 Å². The Kier molecular flexibility index (Phi) is 4.80. The predicted octanol–water partition coefficient (Wildman–Crippen LogP) is 1.69. The second kappa shape index (κ2) is 6.58. The number of aliphatic hydroxyl groups is 2. The van der Waals surface area contributed by atoms with Crippen molar-refractivity contribution in [2.45, 2.75) is 32.0 Å². The van der Waals surface area contributed by atoms with Crippen molar-refractivity contribution >= 4 is 11.6 Å². The number of azide groups is 1. The first-order valence-corrected chi connectivity index (χ1v) is 6.82. The van der Waals surface area contributed by atoms with Crippen molar-refractivity contribution in [1.29, 1.82) is 0 Å². The number of carbonyl (C=O) groups is 1. The molecule has 1 aromatic rings. The molecule has 2 N–H and O–H groups in total. The highest BCUT2D eigenvalue weighted by atomic mass is 16.3. The quantitative estimate of drug-likeness (QED) is 0.489. The Bertz CT molecular complexity index is 584. The van der Waals surface area contributed by atoms with E-state index < -0.39 is 12.2 Å². The van der Waals surface area contributed by atoms with Crippen LogP contribution in [0.3, 0.4) is 0 Å². The summed E-state index contributed by atoms with van der Waals surface area (Å²) < 4.78 is 0. The summed E-state index contributed by atoms with van der Waals surface area (Å²) in [6.45, 7) is 2.30. The van der Waals surface area contributed by atoms with Crippen LogP contribution in [-0.2, 0) is 11.2 Å². The number of nitrogens with zero attached hydrogens (tertiary/aromatic N) is 4. The van der Waals surface area contributed by atoms with Gasteiger partial charge in [0.1, 0.15) is 6.10 Å². The van der Waals surface area contributed by atoms with E-state index in [-0.39, 0.29) is 18.9 Å². The van der Waals surface area contributed by atoms with Crippen molar-refractivity contribution in [1.82, 2.24) is 0 Å². The Morgan fingerprint density at radius 2 is 2.29 bits per heavy atom. The summed E-state index contributed by atoms with van der Waals surface area (Å²) in [6.07, 6.45) is -1.08. The lowest BCUT2D eigenvalue weighted by molar-refractivity contribution is -0.116. The van der Waals surface area contributed by atoms with Gasteiger partial charge >= 0.3 is 0 Å². The van der Waals surface area contributed by atoms with E-state index in [9.17, 15) is 15.0 Å². The van der Waals surface area contributed by atoms with Gasteiger partial charge in [-0.15, -0.1) is 0 Å². The molecule has 2 atom stereocenters. The molecule has 2 unspecified atom stereocenters. The van der Waals surface area contributed by atoms with Crippen LogP contribution >= 0.6 is 0 Å².